The lowest BCUT2D eigenvalue weighted by Gasteiger charge is -2.37. The minimum Gasteiger partial charge on any atom is -0.463 e. The Morgan fingerprint density at radius 3 is 1.92 bits per heavy atom. The Labute approximate surface area is 225 Å². The van der Waals surface area contributed by atoms with Crippen molar-refractivity contribution in [2.75, 3.05) is 6.61 Å². The van der Waals surface area contributed by atoms with Gasteiger partial charge in [0.15, 0.2) is 5.78 Å². The molecule has 39 heavy (non-hydrogen) atoms. The summed E-state index contributed by atoms with van der Waals surface area (Å²) in [7, 11) is 0. The molecular weight excluding hydrogens is 508 g/mol. The maximum atomic E-state index is 13.1. The van der Waals surface area contributed by atoms with Gasteiger partial charge in [0.2, 0.25) is 11.4 Å². The molecule has 0 aliphatic carbocycles. The first-order valence-corrected chi connectivity index (χ1v) is 12.3. The monoisotopic (exact) mass is 540 g/mol. The van der Waals surface area contributed by atoms with Crippen molar-refractivity contribution in [1.82, 2.24) is 9.97 Å². The van der Waals surface area contributed by atoms with Crippen molar-refractivity contribution in [3.8, 4) is 0 Å². The molecular formula is C28H32N2O9. The predicted octanol–water partition coefficient (Wildman–Crippen LogP) is 0.108. The molecule has 3 aromatic rings. The molecule has 11 nitrogen and oxygen atoms in total. The number of carbonyl (C=O) groups excluding carboxylic acids is 2. The molecule has 208 valence electrons. The molecule has 0 saturated heterocycles. The Morgan fingerprint density at radius 1 is 0.846 bits per heavy atom. The lowest BCUT2D eigenvalue weighted by atomic mass is 9.81. The van der Waals surface area contributed by atoms with Gasteiger partial charge >= 0.3 is 5.97 Å². The average Bonchev–Trinajstić information content (AvgIpc) is 2.95. The zero-order valence-corrected chi connectivity index (χ0v) is 21.3. The molecule has 0 fully saturated rings. The van der Waals surface area contributed by atoms with Crippen LogP contribution >= 0.6 is 0 Å². The molecule has 0 radical (unpaired) electrons. The van der Waals surface area contributed by atoms with Crippen LogP contribution in [0.3, 0.4) is 0 Å². The van der Waals surface area contributed by atoms with E-state index in [1.807, 2.05) is 0 Å². The standard InChI is InChI=1S/C28H32N2O9/c1-2-27(36,37)28(38,23(32)13-18-9-5-3-6-10-18)22-16-29-20(15-30-22)25(34)26(35)21(31)17-39-24(33)14-19-11-7-4-8-12-19/h3-12,15-16,21,25-26,31,34-38H,2,13-14,17H2,1H3. The second-order valence-corrected chi connectivity index (χ2v) is 9.14. The van der Waals surface area contributed by atoms with Crippen molar-refractivity contribution in [2.45, 2.75) is 55.9 Å². The van der Waals surface area contributed by atoms with E-state index in [9.17, 15) is 40.2 Å². The summed E-state index contributed by atoms with van der Waals surface area (Å²) in [6.07, 6.45) is -4.31. The first kappa shape index (κ1) is 30.0. The van der Waals surface area contributed by atoms with Crippen LogP contribution < -0.4 is 0 Å². The minimum atomic E-state index is -2.90. The molecule has 0 aliphatic rings. The van der Waals surface area contributed by atoms with Gasteiger partial charge in [0.1, 0.15) is 30.6 Å². The fourth-order valence-electron chi connectivity index (χ4n) is 3.89. The van der Waals surface area contributed by atoms with Crippen LogP contribution in [0.2, 0.25) is 0 Å². The minimum absolute atomic E-state index is 0.0417. The van der Waals surface area contributed by atoms with Crippen LogP contribution in [0, 0.1) is 0 Å². The fraction of sp³-hybridized carbons (Fsp3) is 0.357. The highest BCUT2D eigenvalue weighted by atomic mass is 16.5. The van der Waals surface area contributed by atoms with Gasteiger partial charge in [0.25, 0.3) is 0 Å². The number of benzene rings is 2. The Hall–Kier alpha value is -3.58. The van der Waals surface area contributed by atoms with E-state index in [-0.39, 0.29) is 18.5 Å². The van der Waals surface area contributed by atoms with Gasteiger partial charge in [0, 0.05) is 12.8 Å². The summed E-state index contributed by atoms with van der Waals surface area (Å²) in [5, 5.41) is 63.4. The maximum Gasteiger partial charge on any atom is 0.310 e. The summed E-state index contributed by atoms with van der Waals surface area (Å²) in [6, 6.07) is 17.2. The number of aliphatic hydroxyl groups is 6. The van der Waals surface area contributed by atoms with Gasteiger partial charge in [-0.3, -0.25) is 19.6 Å². The third-order valence-electron chi connectivity index (χ3n) is 6.35. The maximum absolute atomic E-state index is 13.1. The number of aromatic nitrogens is 2. The third kappa shape index (κ3) is 7.09. The van der Waals surface area contributed by atoms with E-state index in [2.05, 4.69) is 9.97 Å². The van der Waals surface area contributed by atoms with Crippen molar-refractivity contribution in [1.29, 1.82) is 0 Å². The Morgan fingerprint density at radius 2 is 1.41 bits per heavy atom. The number of ether oxygens (including phenoxy) is 1. The van der Waals surface area contributed by atoms with Gasteiger partial charge in [-0.15, -0.1) is 0 Å². The number of ketones is 1. The lowest BCUT2D eigenvalue weighted by Crippen LogP contribution is -2.57. The van der Waals surface area contributed by atoms with E-state index in [1.165, 1.54) is 6.92 Å². The van der Waals surface area contributed by atoms with Crippen LogP contribution in [0.4, 0.5) is 0 Å². The summed E-state index contributed by atoms with van der Waals surface area (Å²) in [4.78, 5) is 32.9. The number of carbonyl (C=O) groups is 2. The zero-order chi connectivity index (χ0) is 28.6. The molecule has 0 spiro atoms. The van der Waals surface area contributed by atoms with Gasteiger partial charge in [-0.2, -0.15) is 0 Å². The van der Waals surface area contributed by atoms with E-state index in [0.29, 0.717) is 11.1 Å². The molecule has 0 saturated carbocycles. The SMILES string of the molecule is CCC(O)(O)C(O)(C(=O)Cc1ccccc1)c1cnc(C(O)C(O)C(O)COC(=O)Cc2ccccc2)cn1. The van der Waals surface area contributed by atoms with Gasteiger partial charge in [-0.25, -0.2) is 0 Å². The van der Waals surface area contributed by atoms with Crippen LogP contribution in [0.1, 0.15) is 42.0 Å². The van der Waals surface area contributed by atoms with Crippen LogP contribution in [-0.2, 0) is 32.8 Å². The Kier molecular flexibility index (Phi) is 9.97. The number of hydrogen-bond donors (Lipinski definition) is 6. The summed E-state index contributed by atoms with van der Waals surface area (Å²) in [5.41, 5.74) is -2.38. The second-order valence-electron chi connectivity index (χ2n) is 9.14. The highest BCUT2D eigenvalue weighted by molar-refractivity contribution is 5.90. The molecule has 1 heterocycles. The number of hydrogen-bond acceptors (Lipinski definition) is 11. The molecule has 0 aliphatic heterocycles. The Bertz CT molecular complexity index is 1220. The highest BCUT2D eigenvalue weighted by Crippen LogP contribution is 2.35. The molecule has 0 bridgehead atoms. The van der Waals surface area contributed by atoms with Crippen molar-refractivity contribution in [2.24, 2.45) is 0 Å². The van der Waals surface area contributed by atoms with Crippen molar-refractivity contribution in [3.63, 3.8) is 0 Å². The average molecular weight is 541 g/mol. The van der Waals surface area contributed by atoms with Gasteiger partial charge in [-0.05, 0) is 11.1 Å². The van der Waals surface area contributed by atoms with Gasteiger partial charge < -0.3 is 35.4 Å². The summed E-state index contributed by atoms with van der Waals surface area (Å²) >= 11 is 0. The van der Waals surface area contributed by atoms with Crippen LogP contribution in [0.5, 0.6) is 0 Å². The van der Waals surface area contributed by atoms with Crippen LogP contribution in [0.25, 0.3) is 0 Å². The van der Waals surface area contributed by atoms with E-state index in [0.717, 1.165) is 12.4 Å². The third-order valence-corrected chi connectivity index (χ3v) is 6.35. The molecule has 3 rings (SSSR count). The van der Waals surface area contributed by atoms with E-state index in [1.54, 1.807) is 60.7 Å². The van der Waals surface area contributed by atoms with Crippen molar-refractivity contribution < 1.29 is 45.0 Å². The molecule has 4 atom stereocenters. The first-order chi connectivity index (χ1) is 18.5. The zero-order valence-electron chi connectivity index (χ0n) is 21.3. The second kappa shape index (κ2) is 13.0. The van der Waals surface area contributed by atoms with Crippen LogP contribution in [-0.4, -0.2) is 77.0 Å². The number of esters is 1. The lowest BCUT2D eigenvalue weighted by molar-refractivity contribution is -0.272. The Balaban J connectivity index is 1.70. The van der Waals surface area contributed by atoms with E-state index >= 15 is 0 Å². The number of aliphatic hydroxyl groups excluding tert-OH is 3. The van der Waals surface area contributed by atoms with Crippen LogP contribution in [0.15, 0.2) is 73.1 Å². The highest BCUT2D eigenvalue weighted by Gasteiger charge is 2.55. The summed E-state index contributed by atoms with van der Waals surface area (Å²) in [6.45, 7) is 0.758. The van der Waals surface area contributed by atoms with Crippen molar-refractivity contribution >= 4 is 11.8 Å². The normalized spacial score (nSPS) is 15.6. The molecule has 11 heteroatoms. The summed E-state index contributed by atoms with van der Waals surface area (Å²) in [5.74, 6) is -4.48. The van der Waals surface area contributed by atoms with E-state index in [4.69, 9.17) is 4.74 Å². The van der Waals surface area contributed by atoms with E-state index < -0.39 is 60.2 Å². The van der Waals surface area contributed by atoms with Gasteiger partial charge in [-0.1, -0.05) is 67.6 Å². The molecule has 6 N–H and O–H groups in total. The van der Waals surface area contributed by atoms with Gasteiger partial charge in [0.05, 0.1) is 24.5 Å². The predicted molar refractivity (Wildman–Crippen MR) is 137 cm³/mol. The van der Waals surface area contributed by atoms with Crippen molar-refractivity contribution in [3.05, 3.63) is 95.6 Å². The topological polar surface area (TPSA) is 191 Å². The quantitative estimate of drug-likeness (QED) is 0.127. The summed E-state index contributed by atoms with van der Waals surface area (Å²) < 4.78 is 4.98. The molecule has 1 aromatic heterocycles. The molecule has 0 amide bonds. The smallest absolute Gasteiger partial charge is 0.310 e. The fourth-order valence-corrected chi connectivity index (χ4v) is 3.89. The number of nitrogens with zero attached hydrogens (tertiary/aromatic N) is 2. The molecule has 2 aromatic carbocycles. The first-order valence-electron chi connectivity index (χ1n) is 12.3. The number of Topliss-reactive ketones (excluding diaryl/α,β-unsaturated/α-hetero) is 1. The molecule has 4 unspecified atom stereocenters. The largest absolute Gasteiger partial charge is 0.463 e. The number of rotatable bonds is 13.